The van der Waals surface area contributed by atoms with E-state index in [2.05, 4.69) is 15.3 Å². The summed E-state index contributed by atoms with van der Waals surface area (Å²) in [5, 5.41) is 2.88. The molecule has 1 atom stereocenters. The summed E-state index contributed by atoms with van der Waals surface area (Å²) in [7, 11) is 7.47. The molecule has 116 valence electrons. The lowest BCUT2D eigenvalue weighted by atomic mass is 10.2. The number of ether oxygens (including phenoxy) is 1. The second-order valence-electron chi connectivity index (χ2n) is 5.55. The molecule has 21 heavy (non-hydrogen) atoms. The number of carbonyl (C=O) groups is 1. The van der Waals surface area contributed by atoms with Crippen molar-refractivity contribution in [2.45, 2.75) is 18.9 Å². The number of carbonyl (C=O) groups excluding carboxylic acids is 1. The first-order valence-electron chi connectivity index (χ1n) is 7.11. The number of nitrogens with zero attached hydrogens (tertiary/aromatic N) is 4. The lowest BCUT2D eigenvalue weighted by Crippen LogP contribution is -2.33. The number of rotatable bonds is 5. The van der Waals surface area contributed by atoms with Gasteiger partial charge in [-0.2, -0.15) is 4.98 Å². The minimum absolute atomic E-state index is 0.123. The Balaban J connectivity index is 2.11. The molecule has 0 saturated carbocycles. The van der Waals surface area contributed by atoms with Gasteiger partial charge in [0.2, 0.25) is 5.95 Å². The van der Waals surface area contributed by atoms with Crippen molar-refractivity contribution in [3.05, 3.63) is 11.8 Å². The molecule has 1 aromatic heterocycles. The average molecular weight is 293 g/mol. The number of aromatic nitrogens is 2. The standard InChI is InChI=1S/C14H23N5O2/c1-18(2)12-8-11(16-14(17-12)19(3)4)13(20)15-9-10-6-5-7-21-10/h8,10H,5-7,9H2,1-4H3,(H,15,20)/t10-/m0/s1. The highest BCUT2D eigenvalue weighted by Gasteiger charge is 2.18. The van der Waals surface area contributed by atoms with Crippen LogP contribution in [-0.2, 0) is 4.74 Å². The van der Waals surface area contributed by atoms with E-state index in [1.807, 2.05) is 33.1 Å². The van der Waals surface area contributed by atoms with Crippen molar-refractivity contribution in [2.75, 3.05) is 51.1 Å². The number of anilines is 2. The smallest absolute Gasteiger partial charge is 0.270 e. The number of nitrogens with one attached hydrogen (secondary N) is 1. The van der Waals surface area contributed by atoms with E-state index in [0.29, 0.717) is 24.0 Å². The zero-order valence-corrected chi connectivity index (χ0v) is 13.1. The van der Waals surface area contributed by atoms with E-state index in [4.69, 9.17) is 4.74 Å². The molecule has 0 bridgehead atoms. The topological polar surface area (TPSA) is 70.6 Å². The monoisotopic (exact) mass is 293 g/mol. The van der Waals surface area contributed by atoms with E-state index in [-0.39, 0.29) is 12.0 Å². The molecule has 1 aromatic rings. The Hall–Kier alpha value is -1.89. The fourth-order valence-electron chi connectivity index (χ4n) is 2.07. The first kappa shape index (κ1) is 15.5. The molecule has 1 saturated heterocycles. The van der Waals surface area contributed by atoms with Crippen LogP contribution in [0.5, 0.6) is 0 Å². The van der Waals surface area contributed by atoms with Crippen LogP contribution in [0.15, 0.2) is 6.07 Å². The van der Waals surface area contributed by atoms with Gasteiger partial charge in [0.25, 0.3) is 5.91 Å². The van der Waals surface area contributed by atoms with Gasteiger partial charge in [-0.15, -0.1) is 0 Å². The largest absolute Gasteiger partial charge is 0.376 e. The van der Waals surface area contributed by atoms with E-state index >= 15 is 0 Å². The average Bonchev–Trinajstić information content (AvgIpc) is 2.97. The van der Waals surface area contributed by atoms with Gasteiger partial charge in [-0.05, 0) is 12.8 Å². The Kier molecular flexibility index (Phi) is 4.95. The van der Waals surface area contributed by atoms with Crippen molar-refractivity contribution in [2.24, 2.45) is 0 Å². The van der Waals surface area contributed by atoms with Gasteiger partial charge in [0.1, 0.15) is 11.5 Å². The van der Waals surface area contributed by atoms with E-state index in [0.717, 1.165) is 19.4 Å². The Morgan fingerprint density at radius 3 is 2.67 bits per heavy atom. The van der Waals surface area contributed by atoms with Crippen molar-refractivity contribution in [3.63, 3.8) is 0 Å². The molecule has 2 rings (SSSR count). The quantitative estimate of drug-likeness (QED) is 0.853. The summed E-state index contributed by atoms with van der Waals surface area (Å²) in [6.45, 7) is 1.31. The molecular formula is C14H23N5O2. The molecule has 7 heteroatoms. The maximum Gasteiger partial charge on any atom is 0.270 e. The second kappa shape index (κ2) is 6.71. The van der Waals surface area contributed by atoms with E-state index in [1.165, 1.54) is 0 Å². The fraction of sp³-hybridized carbons (Fsp3) is 0.643. The van der Waals surface area contributed by atoms with Crippen LogP contribution >= 0.6 is 0 Å². The first-order chi connectivity index (χ1) is 9.97. The van der Waals surface area contributed by atoms with Crippen LogP contribution in [0.2, 0.25) is 0 Å². The van der Waals surface area contributed by atoms with Crippen LogP contribution < -0.4 is 15.1 Å². The van der Waals surface area contributed by atoms with Crippen LogP contribution in [0.3, 0.4) is 0 Å². The summed E-state index contributed by atoms with van der Waals surface area (Å²) in [6, 6.07) is 1.69. The highest BCUT2D eigenvalue weighted by molar-refractivity contribution is 5.93. The summed E-state index contributed by atoms with van der Waals surface area (Å²) in [4.78, 5) is 24.6. The van der Waals surface area contributed by atoms with Gasteiger partial charge in [0, 0.05) is 47.4 Å². The highest BCUT2D eigenvalue weighted by atomic mass is 16.5. The van der Waals surface area contributed by atoms with Gasteiger partial charge in [-0.3, -0.25) is 4.79 Å². The number of hydrogen-bond acceptors (Lipinski definition) is 6. The van der Waals surface area contributed by atoms with Crippen LogP contribution in [0, 0.1) is 0 Å². The Bertz CT molecular complexity index is 472. The lowest BCUT2D eigenvalue weighted by molar-refractivity contribution is 0.0853. The molecule has 0 spiro atoms. The van der Waals surface area contributed by atoms with Gasteiger partial charge in [0.15, 0.2) is 0 Å². The first-order valence-corrected chi connectivity index (χ1v) is 7.11. The molecule has 1 N–H and O–H groups in total. The van der Waals surface area contributed by atoms with Crippen molar-refractivity contribution in [3.8, 4) is 0 Å². The molecule has 0 radical (unpaired) electrons. The third kappa shape index (κ3) is 4.04. The Morgan fingerprint density at radius 2 is 2.10 bits per heavy atom. The van der Waals surface area contributed by atoms with Gasteiger partial charge in [-0.25, -0.2) is 4.98 Å². The summed E-state index contributed by atoms with van der Waals surface area (Å²) in [5.74, 6) is 1.03. The maximum atomic E-state index is 12.3. The minimum atomic E-state index is -0.195. The Labute approximate surface area is 125 Å². The van der Waals surface area contributed by atoms with Crippen molar-refractivity contribution in [1.82, 2.24) is 15.3 Å². The molecule has 2 heterocycles. The van der Waals surface area contributed by atoms with E-state index in [1.54, 1.807) is 11.0 Å². The summed E-state index contributed by atoms with van der Waals surface area (Å²) >= 11 is 0. The molecule has 1 aliphatic heterocycles. The van der Waals surface area contributed by atoms with Crippen molar-refractivity contribution >= 4 is 17.7 Å². The molecule has 0 aromatic carbocycles. The molecule has 0 unspecified atom stereocenters. The molecule has 0 aliphatic carbocycles. The van der Waals surface area contributed by atoms with Gasteiger partial charge < -0.3 is 19.9 Å². The zero-order valence-electron chi connectivity index (χ0n) is 13.1. The maximum absolute atomic E-state index is 12.3. The van der Waals surface area contributed by atoms with Crippen molar-refractivity contribution in [1.29, 1.82) is 0 Å². The van der Waals surface area contributed by atoms with E-state index in [9.17, 15) is 4.79 Å². The van der Waals surface area contributed by atoms with Crippen LogP contribution in [0.1, 0.15) is 23.3 Å². The van der Waals surface area contributed by atoms with Gasteiger partial charge >= 0.3 is 0 Å². The predicted molar refractivity (Wildman–Crippen MR) is 82.0 cm³/mol. The lowest BCUT2D eigenvalue weighted by Gasteiger charge is -2.17. The van der Waals surface area contributed by atoms with Crippen LogP contribution in [-0.4, -0.2) is 63.3 Å². The van der Waals surface area contributed by atoms with Crippen LogP contribution in [0.25, 0.3) is 0 Å². The summed E-state index contributed by atoms with van der Waals surface area (Å²) < 4.78 is 5.50. The zero-order chi connectivity index (χ0) is 15.4. The second-order valence-corrected chi connectivity index (χ2v) is 5.55. The fourth-order valence-corrected chi connectivity index (χ4v) is 2.07. The molecular weight excluding hydrogens is 270 g/mol. The normalized spacial score (nSPS) is 17.6. The predicted octanol–water partition coefficient (Wildman–Crippen LogP) is 0.517. The third-order valence-electron chi connectivity index (χ3n) is 3.31. The number of amides is 1. The van der Waals surface area contributed by atoms with E-state index < -0.39 is 0 Å². The van der Waals surface area contributed by atoms with Gasteiger partial charge in [0.05, 0.1) is 6.10 Å². The summed E-state index contributed by atoms with van der Waals surface area (Å²) in [6.07, 6.45) is 2.18. The van der Waals surface area contributed by atoms with Crippen molar-refractivity contribution < 1.29 is 9.53 Å². The number of hydrogen-bond donors (Lipinski definition) is 1. The molecule has 1 fully saturated rings. The summed E-state index contributed by atoms with van der Waals surface area (Å²) in [5.41, 5.74) is 0.371. The van der Waals surface area contributed by atoms with Gasteiger partial charge in [-0.1, -0.05) is 0 Å². The molecule has 1 amide bonds. The third-order valence-corrected chi connectivity index (χ3v) is 3.31. The molecule has 7 nitrogen and oxygen atoms in total. The highest BCUT2D eigenvalue weighted by Crippen LogP contribution is 2.15. The van der Waals surface area contributed by atoms with Crippen LogP contribution in [0.4, 0.5) is 11.8 Å². The SMILES string of the molecule is CN(C)c1cc(C(=O)NC[C@@H]2CCCO2)nc(N(C)C)n1. The Morgan fingerprint density at radius 1 is 1.33 bits per heavy atom. The molecule has 1 aliphatic rings. The minimum Gasteiger partial charge on any atom is -0.376 e.